The van der Waals surface area contributed by atoms with Crippen LogP contribution >= 0.6 is 11.8 Å². The van der Waals surface area contributed by atoms with E-state index in [2.05, 4.69) is 25.3 Å². The molecule has 3 heterocycles. The van der Waals surface area contributed by atoms with Crippen LogP contribution in [0, 0.1) is 0 Å². The summed E-state index contributed by atoms with van der Waals surface area (Å²) >= 11 is 1.74. The minimum Gasteiger partial charge on any atom is -0.314 e. The Labute approximate surface area is 92.9 Å². The van der Waals surface area contributed by atoms with Crippen molar-refractivity contribution in [3.8, 4) is 0 Å². The van der Waals surface area contributed by atoms with Crippen LogP contribution in [0.1, 0.15) is 0 Å². The second kappa shape index (κ2) is 3.96. The highest BCUT2D eigenvalue weighted by atomic mass is 32.2. The van der Waals surface area contributed by atoms with Gasteiger partial charge in [-0.25, -0.2) is 15.0 Å². The van der Waals surface area contributed by atoms with Crippen molar-refractivity contribution in [2.45, 2.75) is 5.37 Å². The highest BCUT2D eigenvalue weighted by molar-refractivity contribution is 8.13. The van der Waals surface area contributed by atoms with Gasteiger partial charge in [0, 0.05) is 26.2 Å². The van der Waals surface area contributed by atoms with Crippen LogP contribution in [0.25, 0.3) is 0 Å². The summed E-state index contributed by atoms with van der Waals surface area (Å²) in [7, 11) is 0. The maximum atomic E-state index is 4.30. The maximum Gasteiger partial charge on any atom is 0.141 e. The molecule has 1 saturated heterocycles. The van der Waals surface area contributed by atoms with Crippen LogP contribution in [0.5, 0.6) is 0 Å². The van der Waals surface area contributed by atoms with Gasteiger partial charge in [-0.2, -0.15) is 0 Å². The van der Waals surface area contributed by atoms with Gasteiger partial charge in [0.05, 0.1) is 17.4 Å². The average Bonchev–Trinajstić information content (AvgIpc) is 2.78. The monoisotopic (exact) mass is 223 g/mol. The molecule has 3 aliphatic heterocycles. The molecule has 0 amide bonds. The van der Waals surface area contributed by atoms with E-state index in [9.17, 15) is 0 Å². The van der Waals surface area contributed by atoms with E-state index in [1.165, 1.54) is 0 Å². The number of hydrazine groups is 1. The molecule has 3 aliphatic rings. The summed E-state index contributed by atoms with van der Waals surface area (Å²) in [6.45, 7) is 4.16. The van der Waals surface area contributed by atoms with E-state index in [4.69, 9.17) is 0 Å². The third-order valence-corrected chi connectivity index (χ3v) is 3.64. The molecule has 0 aliphatic carbocycles. The molecule has 1 fully saturated rings. The summed E-state index contributed by atoms with van der Waals surface area (Å²) in [6.07, 6.45) is 3.75. The van der Waals surface area contributed by atoms with Crippen molar-refractivity contribution in [2.75, 3.05) is 26.2 Å². The zero-order valence-corrected chi connectivity index (χ0v) is 9.15. The van der Waals surface area contributed by atoms with Gasteiger partial charge in [0.2, 0.25) is 0 Å². The van der Waals surface area contributed by atoms with Gasteiger partial charge in [-0.05, 0) is 0 Å². The predicted molar refractivity (Wildman–Crippen MR) is 62.7 cm³/mol. The fourth-order valence-corrected chi connectivity index (χ4v) is 2.79. The number of piperazine rings is 1. The molecule has 15 heavy (non-hydrogen) atoms. The standard InChI is InChI=1S/C9H13N5S/c1-3-13(4-2-10-1)14-6-11-5-8-9(14)15-7-12-8/h5-7,9-10H,1-4H2. The summed E-state index contributed by atoms with van der Waals surface area (Å²) in [6, 6.07) is 0. The van der Waals surface area contributed by atoms with Gasteiger partial charge >= 0.3 is 0 Å². The summed E-state index contributed by atoms with van der Waals surface area (Å²) in [5.74, 6) is 0. The second-order valence-electron chi connectivity index (χ2n) is 3.63. The Morgan fingerprint density at radius 2 is 2.27 bits per heavy atom. The third-order valence-electron chi connectivity index (χ3n) is 2.70. The van der Waals surface area contributed by atoms with Gasteiger partial charge in [-0.1, -0.05) is 11.8 Å². The van der Waals surface area contributed by atoms with Crippen molar-refractivity contribution in [3.05, 3.63) is 11.9 Å². The fourth-order valence-electron chi connectivity index (χ4n) is 1.92. The molecule has 80 valence electrons. The zero-order chi connectivity index (χ0) is 10.1. The Balaban J connectivity index is 1.76. The molecule has 0 aromatic carbocycles. The van der Waals surface area contributed by atoms with Crippen LogP contribution in [-0.2, 0) is 0 Å². The quantitative estimate of drug-likeness (QED) is 0.684. The fraction of sp³-hybridized carbons (Fsp3) is 0.556. The molecule has 0 aromatic rings. The van der Waals surface area contributed by atoms with Gasteiger partial charge in [0.25, 0.3) is 0 Å². The molecular weight excluding hydrogens is 210 g/mol. The number of hydrogen-bond acceptors (Lipinski definition) is 6. The molecule has 5 nitrogen and oxygen atoms in total. The first kappa shape index (κ1) is 9.38. The van der Waals surface area contributed by atoms with E-state index in [-0.39, 0.29) is 0 Å². The van der Waals surface area contributed by atoms with Gasteiger partial charge in [0.1, 0.15) is 11.7 Å². The lowest BCUT2D eigenvalue weighted by Gasteiger charge is -2.40. The van der Waals surface area contributed by atoms with Crippen LogP contribution in [0.3, 0.4) is 0 Å². The lowest BCUT2D eigenvalue weighted by molar-refractivity contribution is 0.0352. The molecule has 1 unspecified atom stereocenters. The molecule has 3 rings (SSSR count). The van der Waals surface area contributed by atoms with E-state index < -0.39 is 0 Å². The van der Waals surface area contributed by atoms with Crippen molar-refractivity contribution in [3.63, 3.8) is 0 Å². The number of nitrogens with one attached hydrogen (secondary N) is 1. The van der Waals surface area contributed by atoms with Gasteiger partial charge in [-0.3, -0.25) is 5.01 Å². The first-order valence-electron chi connectivity index (χ1n) is 5.10. The lowest BCUT2D eigenvalue weighted by atomic mass is 10.4. The summed E-state index contributed by atoms with van der Waals surface area (Å²) in [5, 5.41) is 8.19. The number of nitrogens with zero attached hydrogens (tertiary/aromatic N) is 4. The van der Waals surface area contributed by atoms with E-state index in [1.54, 1.807) is 11.8 Å². The zero-order valence-electron chi connectivity index (χ0n) is 8.33. The first-order chi connectivity index (χ1) is 7.45. The van der Waals surface area contributed by atoms with Gasteiger partial charge in [-0.15, -0.1) is 0 Å². The molecule has 6 heteroatoms. The Hall–Kier alpha value is -0.850. The Morgan fingerprint density at radius 3 is 3.13 bits per heavy atom. The van der Waals surface area contributed by atoms with Gasteiger partial charge in [0.15, 0.2) is 0 Å². The normalized spacial score (nSPS) is 30.5. The van der Waals surface area contributed by atoms with E-state index in [0.29, 0.717) is 5.37 Å². The van der Waals surface area contributed by atoms with E-state index in [0.717, 1.165) is 31.9 Å². The third kappa shape index (κ3) is 1.68. The Bertz CT molecular complexity index is 331. The smallest absolute Gasteiger partial charge is 0.141 e. The molecule has 0 saturated carbocycles. The number of thioether (sulfide) groups is 1. The van der Waals surface area contributed by atoms with Crippen molar-refractivity contribution < 1.29 is 0 Å². The van der Waals surface area contributed by atoms with Crippen LogP contribution < -0.4 is 5.32 Å². The topological polar surface area (TPSA) is 43.2 Å². The molecule has 0 aromatic heterocycles. The van der Waals surface area contributed by atoms with Crippen molar-refractivity contribution >= 4 is 23.6 Å². The van der Waals surface area contributed by atoms with Crippen molar-refractivity contribution in [1.82, 2.24) is 15.3 Å². The van der Waals surface area contributed by atoms with E-state index in [1.807, 2.05) is 18.1 Å². The Morgan fingerprint density at radius 1 is 1.40 bits per heavy atom. The summed E-state index contributed by atoms with van der Waals surface area (Å²) in [5.41, 5.74) is 2.96. The maximum absolute atomic E-state index is 4.30. The highest BCUT2D eigenvalue weighted by Crippen LogP contribution is 2.30. The SMILES string of the molecule is C1=NC=C2N=CSC2N1N1CCNCC1. The molecule has 0 radical (unpaired) electrons. The second-order valence-corrected chi connectivity index (χ2v) is 4.55. The minimum atomic E-state index is 0.306. The van der Waals surface area contributed by atoms with Crippen LogP contribution in [0.15, 0.2) is 21.9 Å². The van der Waals surface area contributed by atoms with Crippen LogP contribution in [0.2, 0.25) is 0 Å². The number of aliphatic imine (C=N–C) groups is 2. The highest BCUT2D eigenvalue weighted by Gasteiger charge is 2.31. The molecule has 1 N–H and O–H groups in total. The van der Waals surface area contributed by atoms with E-state index >= 15 is 0 Å². The van der Waals surface area contributed by atoms with Crippen LogP contribution in [-0.4, -0.2) is 53.5 Å². The minimum absolute atomic E-state index is 0.306. The van der Waals surface area contributed by atoms with Crippen LogP contribution in [0.4, 0.5) is 0 Å². The molecular formula is C9H13N5S. The van der Waals surface area contributed by atoms with Crippen molar-refractivity contribution in [1.29, 1.82) is 0 Å². The van der Waals surface area contributed by atoms with Gasteiger partial charge < -0.3 is 5.32 Å². The molecule has 0 spiro atoms. The average molecular weight is 223 g/mol. The number of rotatable bonds is 1. The summed E-state index contributed by atoms with van der Waals surface area (Å²) < 4.78 is 0. The lowest BCUT2D eigenvalue weighted by Crippen LogP contribution is -2.55. The molecule has 0 bridgehead atoms. The summed E-state index contributed by atoms with van der Waals surface area (Å²) in [4.78, 5) is 8.53. The predicted octanol–water partition coefficient (Wildman–Crippen LogP) is 0.0931. The largest absolute Gasteiger partial charge is 0.314 e. The van der Waals surface area contributed by atoms with Crippen molar-refractivity contribution in [2.24, 2.45) is 9.98 Å². The Kier molecular flexibility index (Phi) is 2.47. The number of fused-ring (bicyclic) bond motifs is 1. The first-order valence-corrected chi connectivity index (χ1v) is 6.05. The molecule has 1 atom stereocenters. The number of hydrogen-bond donors (Lipinski definition) is 1.